The highest BCUT2D eigenvalue weighted by atomic mass is 19.4. The standard InChI is InChI=1S/C19H14F3NO6/c1-10(24)13-6-15-16(29-9-28-15)7-14(13)23-17(25)8-27-18(26)11-2-4-12(5-3-11)19(20,21)22/h2-7H,8-9H2,1H3,(H,23,25). The van der Waals surface area contributed by atoms with Crippen LogP contribution in [0.2, 0.25) is 0 Å². The monoisotopic (exact) mass is 409 g/mol. The third-order valence-electron chi connectivity index (χ3n) is 3.95. The predicted octanol–water partition coefficient (Wildman–Crippen LogP) is 3.43. The number of hydrogen-bond acceptors (Lipinski definition) is 6. The molecule has 7 nitrogen and oxygen atoms in total. The van der Waals surface area contributed by atoms with Gasteiger partial charge in [-0.1, -0.05) is 0 Å². The van der Waals surface area contributed by atoms with Gasteiger partial charge in [-0.25, -0.2) is 4.79 Å². The summed E-state index contributed by atoms with van der Waals surface area (Å²) in [5.74, 6) is -1.34. The number of carbonyl (C=O) groups is 3. The molecule has 2 aromatic carbocycles. The molecule has 2 aromatic rings. The fourth-order valence-corrected chi connectivity index (χ4v) is 2.53. The Bertz CT molecular complexity index is 969. The molecule has 0 atom stereocenters. The molecular formula is C19H14F3NO6. The van der Waals surface area contributed by atoms with Crippen LogP contribution in [0.1, 0.15) is 33.2 Å². The molecule has 0 radical (unpaired) electrons. The molecule has 29 heavy (non-hydrogen) atoms. The highest BCUT2D eigenvalue weighted by Gasteiger charge is 2.30. The molecule has 1 N–H and O–H groups in total. The zero-order valence-electron chi connectivity index (χ0n) is 15.0. The molecule has 1 heterocycles. The summed E-state index contributed by atoms with van der Waals surface area (Å²) in [4.78, 5) is 35.8. The molecule has 0 saturated heterocycles. The second-order valence-electron chi connectivity index (χ2n) is 6.01. The van der Waals surface area contributed by atoms with Crippen LogP contribution in [0.15, 0.2) is 36.4 Å². The Hall–Kier alpha value is -3.56. The van der Waals surface area contributed by atoms with E-state index in [1.54, 1.807) is 0 Å². The summed E-state index contributed by atoms with van der Waals surface area (Å²) in [6, 6.07) is 6.22. The molecule has 0 unspecified atom stereocenters. The lowest BCUT2D eigenvalue weighted by Gasteiger charge is -2.11. The number of ketones is 1. The van der Waals surface area contributed by atoms with Gasteiger partial charge in [-0.2, -0.15) is 13.2 Å². The first-order valence-electron chi connectivity index (χ1n) is 8.24. The highest BCUT2D eigenvalue weighted by molar-refractivity contribution is 6.05. The summed E-state index contributed by atoms with van der Waals surface area (Å²) in [6.07, 6.45) is -4.53. The maximum atomic E-state index is 12.5. The van der Waals surface area contributed by atoms with Crippen LogP contribution in [0, 0.1) is 0 Å². The van der Waals surface area contributed by atoms with Gasteiger partial charge in [0.2, 0.25) is 6.79 Å². The minimum absolute atomic E-state index is 0.0190. The van der Waals surface area contributed by atoms with Crippen LogP contribution < -0.4 is 14.8 Å². The number of fused-ring (bicyclic) bond motifs is 1. The maximum absolute atomic E-state index is 12.5. The van der Waals surface area contributed by atoms with Crippen molar-refractivity contribution in [2.45, 2.75) is 13.1 Å². The summed E-state index contributed by atoms with van der Waals surface area (Å²) in [6.45, 7) is 0.582. The average Bonchev–Trinajstić information content (AvgIpc) is 3.12. The average molecular weight is 409 g/mol. The summed E-state index contributed by atoms with van der Waals surface area (Å²) < 4.78 is 52.8. The number of carbonyl (C=O) groups excluding carboxylic acids is 3. The third-order valence-corrected chi connectivity index (χ3v) is 3.95. The molecule has 1 amide bonds. The number of amides is 1. The number of rotatable bonds is 5. The molecule has 0 saturated carbocycles. The van der Waals surface area contributed by atoms with E-state index in [1.807, 2.05) is 0 Å². The number of nitrogens with one attached hydrogen (secondary N) is 1. The van der Waals surface area contributed by atoms with Crippen molar-refractivity contribution in [3.63, 3.8) is 0 Å². The van der Waals surface area contributed by atoms with E-state index in [-0.39, 0.29) is 29.4 Å². The van der Waals surface area contributed by atoms with E-state index < -0.39 is 30.2 Å². The number of ether oxygens (including phenoxy) is 3. The van der Waals surface area contributed by atoms with Gasteiger partial charge in [0.05, 0.1) is 16.8 Å². The van der Waals surface area contributed by atoms with E-state index in [0.29, 0.717) is 11.5 Å². The number of hydrogen-bond donors (Lipinski definition) is 1. The van der Waals surface area contributed by atoms with Crippen LogP contribution in [-0.2, 0) is 15.7 Å². The number of esters is 1. The van der Waals surface area contributed by atoms with E-state index in [0.717, 1.165) is 24.3 Å². The smallest absolute Gasteiger partial charge is 0.416 e. The quantitative estimate of drug-likeness (QED) is 0.601. The fourth-order valence-electron chi connectivity index (χ4n) is 2.53. The van der Waals surface area contributed by atoms with E-state index in [4.69, 9.17) is 14.2 Å². The molecule has 0 aromatic heterocycles. The number of Topliss-reactive ketones (excluding diaryl/α,β-unsaturated/α-hetero) is 1. The number of benzene rings is 2. The van der Waals surface area contributed by atoms with Crippen LogP contribution in [0.5, 0.6) is 11.5 Å². The fraction of sp³-hybridized carbons (Fsp3) is 0.211. The second-order valence-corrected chi connectivity index (χ2v) is 6.01. The normalized spacial score (nSPS) is 12.4. The first-order chi connectivity index (χ1) is 13.6. The molecule has 3 rings (SSSR count). The molecule has 0 spiro atoms. The van der Waals surface area contributed by atoms with Crippen molar-refractivity contribution in [3.8, 4) is 11.5 Å². The minimum atomic E-state index is -4.53. The molecule has 0 fully saturated rings. The Morgan fingerprint density at radius 3 is 2.28 bits per heavy atom. The second kappa shape index (κ2) is 7.82. The Morgan fingerprint density at radius 2 is 1.69 bits per heavy atom. The highest BCUT2D eigenvalue weighted by Crippen LogP contribution is 2.37. The lowest BCUT2D eigenvalue weighted by Crippen LogP contribution is -2.22. The van der Waals surface area contributed by atoms with Crippen LogP contribution >= 0.6 is 0 Å². The molecule has 152 valence electrons. The number of halogens is 3. The molecule has 1 aliphatic rings. The van der Waals surface area contributed by atoms with Gasteiger partial charge in [-0.3, -0.25) is 9.59 Å². The predicted molar refractivity (Wildman–Crippen MR) is 92.9 cm³/mol. The van der Waals surface area contributed by atoms with Crippen LogP contribution in [0.4, 0.5) is 18.9 Å². The van der Waals surface area contributed by atoms with E-state index in [2.05, 4.69) is 5.32 Å². The lowest BCUT2D eigenvalue weighted by molar-refractivity contribution is -0.137. The van der Waals surface area contributed by atoms with Crippen LogP contribution in [0.3, 0.4) is 0 Å². The Morgan fingerprint density at radius 1 is 1.07 bits per heavy atom. The van der Waals surface area contributed by atoms with Crippen molar-refractivity contribution in [2.75, 3.05) is 18.7 Å². The number of anilines is 1. The summed E-state index contributed by atoms with van der Waals surface area (Å²) in [5, 5.41) is 2.44. The summed E-state index contributed by atoms with van der Waals surface area (Å²) in [7, 11) is 0. The zero-order valence-corrected chi connectivity index (χ0v) is 15.0. The molecular weight excluding hydrogens is 395 g/mol. The van der Waals surface area contributed by atoms with Gasteiger partial charge >= 0.3 is 12.1 Å². The van der Waals surface area contributed by atoms with Crippen molar-refractivity contribution in [1.29, 1.82) is 0 Å². The van der Waals surface area contributed by atoms with Crippen LogP contribution in [0.25, 0.3) is 0 Å². The minimum Gasteiger partial charge on any atom is -0.454 e. The third kappa shape index (κ3) is 4.65. The lowest BCUT2D eigenvalue weighted by atomic mass is 10.1. The van der Waals surface area contributed by atoms with E-state index in [9.17, 15) is 27.6 Å². The van der Waals surface area contributed by atoms with Gasteiger partial charge in [0.15, 0.2) is 23.9 Å². The topological polar surface area (TPSA) is 90.9 Å². The molecule has 10 heteroatoms. The van der Waals surface area contributed by atoms with Gasteiger partial charge < -0.3 is 19.5 Å². The molecule has 0 aliphatic carbocycles. The first kappa shape index (κ1) is 20.2. The number of alkyl halides is 3. The van der Waals surface area contributed by atoms with E-state index >= 15 is 0 Å². The van der Waals surface area contributed by atoms with Crippen molar-refractivity contribution < 1.29 is 41.8 Å². The van der Waals surface area contributed by atoms with Crippen molar-refractivity contribution in [3.05, 3.63) is 53.1 Å². The van der Waals surface area contributed by atoms with Gasteiger partial charge in [0.25, 0.3) is 5.91 Å². The van der Waals surface area contributed by atoms with Crippen molar-refractivity contribution >= 4 is 23.3 Å². The molecule has 0 bridgehead atoms. The van der Waals surface area contributed by atoms with Crippen molar-refractivity contribution in [2.24, 2.45) is 0 Å². The van der Waals surface area contributed by atoms with Gasteiger partial charge in [-0.05, 0) is 37.3 Å². The van der Waals surface area contributed by atoms with Gasteiger partial charge in [0, 0.05) is 11.6 Å². The Kier molecular flexibility index (Phi) is 5.44. The van der Waals surface area contributed by atoms with E-state index in [1.165, 1.54) is 19.1 Å². The zero-order chi connectivity index (χ0) is 21.2. The summed E-state index contributed by atoms with van der Waals surface area (Å²) >= 11 is 0. The SMILES string of the molecule is CC(=O)c1cc2c(cc1NC(=O)COC(=O)c1ccc(C(F)(F)F)cc1)OCO2. The van der Waals surface area contributed by atoms with Crippen molar-refractivity contribution in [1.82, 2.24) is 0 Å². The largest absolute Gasteiger partial charge is 0.454 e. The van der Waals surface area contributed by atoms with Gasteiger partial charge in [0.1, 0.15) is 0 Å². The Balaban J connectivity index is 1.63. The van der Waals surface area contributed by atoms with Gasteiger partial charge in [-0.15, -0.1) is 0 Å². The molecule has 1 aliphatic heterocycles. The maximum Gasteiger partial charge on any atom is 0.416 e. The summed E-state index contributed by atoms with van der Waals surface area (Å²) in [5.41, 5.74) is -0.723. The Labute approximate surface area is 162 Å². The first-order valence-corrected chi connectivity index (χ1v) is 8.24. The van der Waals surface area contributed by atoms with Crippen LogP contribution in [-0.4, -0.2) is 31.1 Å².